The average Bonchev–Trinajstić information content (AvgIpc) is 3.56. The number of furan rings is 1. The van der Waals surface area contributed by atoms with Crippen LogP contribution in [-0.4, -0.2) is 57.1 Å². The SMILES string of the molecule is COC(=O)c1cc(C(=O)OC)cc(-c2ccc(C3CC(=O)Oc4cc5c(c(OC)c43)C(=O)O[C@@H](C)CCCC(=O)CCC/C=C/5)o2)c1. The lowest BCUT2D eigenvalue weighted by Gasteiger charge is -2.27. The molecule has 11 nitrogen and oxygen atoms in total. The number of ether oxygens (including phenoxy) is 5. The summed E-state index contributed by atoms with van der Waals surface area (Å²) in [5.41, 5.74) is 1.71. The van der Waals surface area contributed by atoms with Crippen LogP contribution in [0.4, 0.5) is 0 Å². The Balaban J connectivity index is 1.60. The van der Waals surface area contributed by atoms with Crippen LogP contribution in [-0.2, 0) is 23.8 Å². The molecule has 1 aromatic heterocycles. The smallest absolute Gasteiger partial charge is 0.342 e. The van der Waals surface area contributed by atoms with Gasteiger partial charge in [-0.2, -0.15) is 0 Å². The zero-order valence-corrected chi connectivity index (χ0v) is 26.7. The number of benzene rings is 2. The first-order valence-electron chi connectivity index (χ1n) is 15.4. The number of esters is 4. The molecule has 0 radical (unpaired) electrons. The van der Waals surface area contributed by atoms with E-state index in [2.05, 4.69) is 0 Å². The van der Waals surface area contributed by atoms with Crippen LogP contribution in [0.1, 0.15) is 106 Å². The summed E-state index contributed by atoms with van der Waals surface area (Å²) in [5, 5.41) is 0. The second-order valence-corrected chi connectivity index (χ2v) is 11.4. The normalized spacial score (nSPS) is 19.3. The summed E-state index contributed by atoms with van der Waals surface area (Å²) in [6, 6.07) is 9.35. The van der Waals surface area contributed by atoms with E-state index in [1.807, 2.05) is 6.08 Å². The lowest BCUT2D eigenvalue weighted by atomic mass is 9.86. The monoisotopic (exact) mass is 644 g/mol. The van der Waals surface area contributed by atoms with Gasteiger partial charge in [-0.1, -0.05) is 12.2 Å². The topological polar surface area (TPSA) is 145 Å². The number of hydrogen-bond acceptors (Lipinski definition) is 11. The molecule has 47 heavy (non-hydrogen) atoms. The van der Waals surface area contributed by atoms with Gasteiger partial charge in [-0.05, 0) is 74.6 Å². The molecule has 11 heteroatoms. The van der Waals surface area contributed by atoms with E-state index in [-0.39, 0.29) is 40.4 Å². The Labute approximate surface area is 271 Å². The van der Waals surface area contributed by atoms with Crippen molar-refractivity contribution in [1.29, 1.82) is 0 Å². The van der Waals surface area contributed by atoms with Crippen LogP contribution in [0.15, 0.2) is 46.9 Å². The van der Waals surface area contributed by atoms with E-state index in [0.29, 0.717) is 66.7 Å². The van der Waals surface area contributed by atoms with Gasteiger partial charge in [0, 0.05) is 24.0 Å². The Kier molecular flexibility index (Phi) is 10.2. The van der Waals surface area contributed by atoms with Gasteiger partial charge in [-0.25, -0.2) is 14.4 Å². The molecule has 0 amide bonds. The Bertz CT molecular complexity index is 1710. The Morgan fingerprint density at radius 1 is 0.894 bits per heavy atom. The van der Waals surface area contributed by atoms with Gasteiger partial charge in [-0.3, -0.25) is 9.59 Å². The van der Waals surface area contributed by atoms with Crippen molar-refractivity contribution in [2.45, 2.75) is 63.9 Å². The van der Waals surface area contributed by atoms with Crippen molar-refractivity contribution in [3.05, 3.63) is 76.1 Å². The number of Topliss-reactive ketones (excluding diaryl/α,β-unsaturated/α-hetero) is 1. The van der Waals surface area contributed by atoms with Crippen LogP contribution >= 0.6 is 0 Å². The summed E-state index contributed by atoms with van der Waals surface area (Å²) in [7, 11) is 3.90. The maximum atomic E-state index is 13.7. The molecule has 0 spiro atoms. The van der Waals surface area contributed by atoms with Crippen LogP contribution in [0.5, 0.6) is 11.5 Å². The van der Waals surface area contributed by atoms with Crippen molar-refractivity contribution < 1.29 is 52.1 Å². The standard InChI is InChI=1S/C36H36O11/c1-20-9-8-12-25(37)11-7-5-6-10-21-18-29-32(33(42-2)31(21)36(41)45-20)26(19-30(38)47-29)28-14-13-27(46-28)22-15-23(34(39)43-3)17-24(16-22)35(40)44-4/h6,10,13-18,20,26H,5,7-9,11-12,19H2,1-4H3/b10-6+/t20-,26?/m0/s1. The van der Waals surface area contributed by atoms with Gasteiger partial charge in [-0.15, -0.1) is 0 Å². The summed E-state index contributed by atoms with van der Waals surface area (Å²) >= 11 is 0. The maximum absolute atomic E-state index is 13.7. The Hall–Kier alpha value is -5.19. The lowest BCUT2D eigenvalue weighted by Crippen LogP contribution is -2.24. The van der Waals surface area contributed by atoms with Crippen molar-refractivity contribution >= 4 is 35.7 Å². The molecule has 2 aliphatic rings. The number of allylic oxidation sites excluding steroid dienone is 1. The molecule has 5 rings (SSSR count). The quantitative estimate of drug-likeness (QED) is 0.172. The summed E-state index contributed by atoms with van der Waals surface area (Å²) < 4.78 is 33.3. The molecule has 3 heterocycles. The molecule has 3 aromatic rings. The highest BCUT2D eigenvalue weighted by Crippen LogP contribution is 2.48. The van der Waals surface area contributed by atoms with Gasteiger partial charge in [0.1, 0.15) is 34.4 Å². The minimum absolute atomic E-state index is 0.111. The van der Waals surface area contributed by atoms with E-state index >= 15 is 0 Å². The number of methoxy groups -OCH3 is 3. The fourth-order valence-electron chi connectivity index (χ4n) is 5.89. The molecular weight excluding hydrogens is 608 g/mol. The van der Waals surface area contributed by atoms with Crippen LogP contribution in [0.3, 0.4) is 0 Å². The first-order chi connectivity index (χ1) is 22.6. The highest BCUT2D eigenvalue weighted by molar-refractivity contribution is 5.99. The zero-order valence-electron chi connectivity index (χ0n) is 26.7. The molecule has 2 aromatic carbocycles. The molecule has 1 unspecified atom stereocenters. The summed E-state index contributed by atoms with van der Waals surface area (Å²) in [5.74, 6) is -1.87. The average molecular weight is 645 g/mol. The highest BCUT2D eigenvalue weighted by atomic mass is 16.6. The summed E-state index contributed by atoms with van der Waals surface area (Å²) in [6.07, 6.45) is 6.39. The van der Waals surface area contributed by atoms with Gasteiger partial charge in [0.2, 0.25) is 0 Å². The fraction of sp³-hybridized carbons (Fsp3) is 0.361. The number of cyclic esters (lactones) is 1. The molecule has 0 fully saturated rings. The van der Waals surface area contributed by atoms with Crippen LogP contribution in [0, 0.1) is 0 Å². The Morgan fingerprint density at radius 3 is 2.28 bits per heavy atom. The lowest BCUT2D eigenvalue weighted by molar-refractivity contribution is -0.135. The zero-order chi connectivity index (χ0) is 33.7. The van der Waals surface area contributed by atoms with E-state index in [9.17, 15) is 24.0 Å². The van der Waals surface area contributed by atoms with E-state index in [4.69, 9.17) is 28.1 Å². The second-order valence-electron chi connectivity index (χ2n) is 11.4. The second kappa shape index (κ2) is 14.5. The van der Waals surface area contributed by atoms with E-state index in [0.717, 1.165) is 0 Å². The maximum Gasteiger partial charge on any atom is 0.342 e. The van der Waals surface area contributed by atoms with Crippen molar-refractivity contribution in [2.24, 2.45) is 0 Å². The van der Waals surface area contributed by atoms with E-state index in [1.54, 1.807) is 31.2 Å². The third kappa shape index (κ3) is 7.29. The third-order valence-corrected chi connectivity index (χ3v) is 8.19. The van der Waals surface area contributed by atoms with Crippen molar-refractivity contribution in [3.8, 4) is 22.8 Å². The number of ketones is 1. The number of fused-ring (bicyclic) bond motifs is 2. The number of rotatable bonds is 5. The van der Waals surface area contributed by atoms with Crippen LogP contribution in [0.25, 0.3) is 17.4 Å². The highest BCUT2D eigenvalue weighted by Gasteiger charge is 2.37. The molecule has 246 valence electrons. The van der Waals surface area contributed by atoms with Gasteiger partial charge < -0.3 is 28.1 Å². The number of carbonyl (C=O) groups excluding carboxylic acids is 5. The predicted octanol–water partition coefficient (Wildman–Crippen LogP) is 6.45. The van der Waals surface area contributed by atoms with Gasteiger partial charge in [0.25, 0.3) is 0 Å². The third-order valence-electron chi connectivity index (χ3n) is 8.19. The van der Waals surface area contributed by atoms with Gasteiger partial charge >= 0.3 is 23.9 Å². The summed E-state index contributed by atoms with van der Waals surface area (Å²) in [6.45, 7) is 1.78. The van der Waals surface area contributed by atoms with Crippen molar-refractivity contribution in [2.75, 3.05) is 21.3 Å². The Morgan fingerprint density at radius 2 is 1.60 bits per heavy atom. The van der Waals surface area contributed by atoms with Crippen molar-refractivity contribution in [3.63, 3.8) is 0 Å². The number of hydrogen-bond donors (Lipinski definition) is 0. The minimum atomic E-state index is -0.711. The first kappa shape index (κ1) is 33.2. The molecule has 2 atom stereocenters. The van der Waals surface area contributed by atoms with Crippen LogP contribution < -0.4 is 9.47 Å². The van der Waals surface area contributed by atoms with E-state index in [1.165, 1.54) is 39.5 Å². The van der Waals surface area contributed by atoms with Crippen molar-refractivity contribution in [1.82, 2.24) is 0 Å². The molecule has 0 saturated heterocycles. The van der Waals surface area contributed by atoms with Crippen LogP contribution in [0.2, 0.25) is 0 Å². The molecule has 0 bridgehead atoms. The van der Waals surface area contributed by atoms with E-state index < -0.39 is 35.9 Å². The molecule has 2 aliphatic heterocycles. The fourth-order valence-corrected chi connectivity index (χ4v) is 5.89. The van der Waals surface area contributed by atoms with Gasteiger partial charge in [0.15, 0.2) is 0 Å². The molecular formula is C36H36O11. The minimum Gasteiger partial charge on any atom is -0.495 e. The largest absolute Gasteiger partial charge is 0.495 e. The molecule has 0 aliphatic carbocycles. The van der Waals surface area contributed by atoms with Gasteiger partial charge in [0.05, 0.1) is 50.9 Å². The molecule has 0 saturated carbocycles. The molecule has 0 N–H and O–H groups in total. The number of carbonyl (C=O) groups is 5. The predicted molar refractivity (Wildman–Crippen MR) is 169 cm³/mol. The first-order valence-corrected chi connectivity index (χ1v) is 15.4. The summed E-state index contributed by atoms with van der Waals surface area (Å²) in [4.78, 5) is 63.6.